The number of rotatable bonds is 2. The molecule has 0 N–H and O–H groups in total. The van der Waals surface area contributed by atoms with Crippen molar-refractivity contribution < 1.29 is 4.21 Å². The smallest absolute Gasteiger partial charge is 0.214 e. The van der Waals surface area contributed by atoms with E-state index in [-0.39, 0.29) is 5.25 Å². The predicted molar refractivity (Wildman–Crippen MR) is 67.0 cm³/mol. The van der Waals surface area contributed by atoms with E-state index in [1.165, 1.54) is 0 Å². The highest BCUT2D eigenvalue weighted by molar-refractivity contribution is 7.94. The van der Waals surface area contributed by atoms with Gasteiger partial charge in [0, 0.05) is 17.2 Å². The minimum Gasteiger partial charge on any atom is -0.248 e. The van der Waals surface area contributed by atoms with Crippen LogP contribution in [0.25, 0.3) is 0 Å². The number of aromatic nitrogens is 1. The molecule has 90 valence electrons. The van der Waals surface area contributed by atoms with Gasteiger partial charge in [-0.15, -0.1) is 4.36 Å². The first-order valence-electron chi connectivity index (χ1n) is 5.36. The molecule has 2 heterocycles. The minimum absolute atomic E-state index is 0.0369. The normalized spacial score (nSPS) is 27.6. The van der Waals surface area contributed by atoms with Crippen LogP contribution in [-0.2, 0) is 16.1 Å². The maximum atomic E-state index is 12.4. The lowest BCUT2D eigenvalue weighted by atomic mass is 10.1. The molecular formula is C11H12ClN3OS. The first-order valence-corrected chi connectivity index (χ1v) is 7.49. The second-order valence-corrected chi connectivity index (χ2v) is 7.07. The summed E-state index contributed by atoms with van der Waals surface area (Å²) in [5.41, 5.74) is 0.988. The van der Waals surface area contributed by atoms with Gasteiger partial charge in [0.15, 0.2) is 0 Å². The maximum absolute atomic E-state index is 12.4. The molecule has 4 nitrogen and oxygen atoms in total. The molecule has 2 unspecified atom stereocenters. The van der Waals surface area contributed by atoms with Crippen molar-refractivity contribution in [3.05, 3.63) is 29.0 Å². The zero-order valence-electron chi connectivity index (χ0n) is 9.17. The van der Waals surface area contributed by atoms with Crippen molar-refractivity contribution >= 4 is 21.3 Å². The van der Waals surface area contributed by atoms with Gasteiger partial charge in [0.25, 0.3) is 0 Å². The molecule has 0 amide bonds. The van der Waals surface area contributed by atoms with E-state index in [0.29, 0.717) is 17.3 Å². The Bertz CT molecular complexity index is 555. The summed E-state index contributed by atoms with van der Waals surface area (Å²) >= 11 is 5.70. The van der Waals surface area contributed by atoms with Crippen molar-refractivity contribution in [2.75, 3.05) is 5.75 Å². The third-order valence-electron chi connectivity index (χ3n) is 2.93. The molecule has 17 heavy (non-hydrogen) atoms. The fraction of sp³-hybridized carbons (Fsp3) is 0.455. The molecule has 0 bridgehead atoms. The zero-order chi connectivity index (χ0) is 12.3. The first kappa shape index (κ1) is 12.3. The van der Waals surface area contributed by atoms with Crippen molar-refractivity contribution in [2.24, 2.45) is 4.36 Å². The Balaban J connectivity index is 2.20. The topological polar surface area (TPSA) is 66.1 Å². The summed E-state index contributed by atoms with van der Waals surface area (Å²) in [5, 5.41) is 9.00. The second-order valence-electron chi connectivity index (χ2n) is 4.04. The molecule has 2 atom stereocenters. The Kier molecular flexibility index (Phi) is 3.65. The average molecular weight is 270 g/mol. The van der Waals surface area contributed by atoms with E-state index in [1.807, 2.05) is 6.07 Å². The monoisotopic (exact) mass is 269 g/mol. The SMILES string of the molecule is N#CN=S1(=O)CCCC1Cc1ccc(Cl)nc1. The first-order chi connectivity index (χ1) is 8.14. The third kappa shape index (κ3) is 2.76. The van der Waals surface area contributed by atoms with E-state index >= 15 is 0 Å². The van der Waals surface area contributed by atoms with E-state index in [1.54, 1.807) is 18.5 Å². The van der Waals surface area contributed by atoms with Gasteiger partial charge >= 0.3 is 0 Å². The van der Waals surface area contributed by atoms with Crippen molar-refractivity contribution in [3.8, 4) is 6.19 Å². The van der Waals surface area contributed by atoms with Crippen molar-refractivity contribution in [3.63, 3.8) is 0 Å². The molecule has 0 aromatic carbocycles. The summed E-state index contributed by atoms with van der Waals surface area (Å²) in [6.07, 6.45) is 5.75. The van der Waals surface area contributed by atoms with Gasteiger partial charge in [-0.1, -0.05) is 17.7 Å². The number of nitriles is 1. The van der Waals surface area contributed by atoms with Gasteiger partial charge < -0.3 is 0 Å². The second kappa shape index (κ2) is 5.03. The summed E-state index contributed by atoms with van der Waals surface area (Å²) in [6.45, 7) is 0. The van der Waals surface area contributed by atoms with Crippen molar-refractivity contribution in [2.45, 2.75) is 24.5 Å². The van der Waals surface area contributed by atoms with Crippen LogP contribution in [0.3, 0.4) is 0 Å². The Morgan fingerprint density at radius 3 is 3.12 bits per heavy atom. The number of halogens is 1. The molecule has 0 radical (unpaired) electrons. The molecule has 2 rings (SSSR count). The molecule has 0 saturated carbocycles. The van der Waals surface area contributed by atoms with E-state index < -0.39 is 9.73 Å². The van der Waals surface area contributed by atoms with Crippen LogP contribution in [0.4, 0.5) is 0 Å². The highest BCUT2D eigenvalue weighted by atomic mass is 35.5. The number of nitrogens with zero attached hydrogens (tertiary/aromatic N) is 3. The Hall–Kier alpha value is -1.12. The van der Waals surface area contributed by atoms with Crippen LogP contribution in [0.5, 0.6) is 0 Å². The van der Waals surface area contributed by atoms with E-state index in [9.17, 15) is 4.21 Å². The fourth-order valence-corrected chi connectivity index (χ4v) is 4.47. The van der Waals surface area contributed by atoms with Crippen LogP contribution >= 0.6 is 11.6 Å². The van der Waals surface area contributed by atoms with E-state index in [4.69, 9.17) is 16.9 Å². The molecule has 1 aromatic heterocycles. The van der Waals surface area contributed by atoms with E-state index in [2.05, 4.69) is 9.35 Å². The van der Waals surface area contributed by atoms with Crippen LogP contribution in [0, 0.1) is 11.5 Å². The minimum atomic E-state index is -2.35. The number of hydrogen-bond donors (Lipinski definition) is 0. The van der Waals surface area contributed by atoms with Gasteiger partial charge in [-0.25, -0.2) is 9.19 Å². The van der Waals surface area contributed by atoms with Gasteiger partial charge in [0.2, 0.25) is 6.19 Å². The lowest BCUT2D eigenvalue weighted by molar-refractivity contribution is 0.667. The Morgan fingerprint density at radius 1 is 1.65 bits per heavy atom. The maximum Gasteiger partial charge on any atom is 0.214 e. The predicted octanol–water partition coefficient (Wildman–Crippen LogP) is 2.39. The molecular weight excluding hydrogens is 258 g/mol. The van der Waals surface area contributed by atoms with Gasteiger partial charge in [0.1, 0.15) is 5.15 Å². The van der Waals surface area contributed by atoms with Gasteiger partial charge in [-0.05, 0) is 30.9 Å². The summed E-state index contributed by atoms with van der Waals surface area (Å²) in [7, 11) is -2.35. The molecule has 1 saturated heterocycles. The number of hydrogen-bond acceptors (Lipinski definition) is 4. The standard InChI is InChI=1S/C11H12ClN3OS/c12-11-4-3-9(7-14-11)6-10-2-1-5-17(10,16)15-8-13/h3-4,7,10H,1-2,5-6H2. The lowest BCUT2D eigenvalue weighted by Gasteiger charge is -2.11. The Morgan fingerprint density at radius 2 is 2.47 bits per heavy atom. The van der Waals surface area contributed by atoms with Crippen molar-refractivity contribution in [1.82, 2.24) is 4.98 Å². The summed E-state index contributed by atoms with van der Waals surface area (Å²) in [5.74, 6) is 0.534. The van der Waals surface area contributed by atoms with Crippen molar-refractivity contribution in [1.29, 1.82) is 5.26 Å². The van der Waals surface area contributed by atoms with Crippen LogP contribution in [-0.4, -0.2) is 20.2 Å². The molecule has 0 spiro atoms. The van der Waals surface area contributed by atoms with Crippen LogP contribution < -0.4 is 0 Å². The molecule has 1 aliphatic heterocycles. The quantitative estimate of drug-likeness (QED) is 0.612. The van der Waals surface area contributed by atoms with Gasteiger partial charge in [0.05, 0.1) is 9.73 Å². The zero-order valence-corrected chi connectivity index (χ0v) is 10.7. The highest BCUT2D eigenvalue weighted by Gasteiger charge is 2.29. The largest absolute Gasteiger partial charge is 0.248 e. The fourth-order valence-electron chi connectivity index (χ4n) is 2.08. The summed E-state index contributed by atoms with van der Waals surface area (Å²) < 4.78 is 16.0. The van der Waals surface area contributed by atoms with E-state index in [0.717, 1.165) is 18.4 Å². The molecule has 1 aliphatic rings. The van der Waals surface area contributed by atoms with Gasteiger partial charge in [-0.3, -0.25) is 0 Å². The number of pyridine rings is 1. The summed E-state index contributed by atoms with van der Waals surface area (Å²) in [6, 6.07) is 3.59. The third-order valence-corrected chi connectivity index (χ3v) is 5.86. The van der Waals surface area contributed by atoms with Crippen LogP contribution in [0.2, 0.25) is 5.15 Å². The molecule has 1 aromatic rings. The molecule has 0 aliphatic carbocycles. The average Bonchev–Trinajstić information content (AvgIpc) is 2.64. The summed E-state index contributed by atoms with van der Waals surface area (Å²) in [4.78, 5) is 3.99. The van der Waals surface area contributed by atoms with Crippen LogP contribution in [0.1, 0.15) is 18.4 Å². The Labute approximate surface area is 106 Å². The van der Waals surface area contributed by atoms with Crippen LogP contribution in [0.15, 0.2) is 22.7 Å². The highest BCUT2D eigenvalue weighted by Crippen LogP contribution is 2.25. The molecule has 6 heteroatoms. The van der Waals surface area contributed by atoms with Gasteiger partial charge in [-0.2, -0.15) is 5.26 Å². The molecule has 1 fully saturated rings. The lowest BCUT2D eigenvalue weighted by Crippen LogP contribution is -2.18.